The number of Topliss-reactive ketones (excluding diaryl/α,β-unsaturated/α-hetero) is 1. The van der Waals surface area contributed by atoms with Gasteiger partial charge in [-0.05, 0) is 37.5 Å². The van der Waals surface area contributed by atoms with E-state index in [1.54, 1.807) is 0 Å². The molecule has 3 aromatic carbocycles. The summed E-state index contributed by atoms with van der Waals surface area (Å²) in [5.41, 5.74) is 4.38. The molecule has 0 unspecified atom stereocenters. The van der Waals surface area contributed by atoms with Gasteiger partial charge in [0.05, 0.1) is 5.92 Å². The van der Waals surface area contributed by atoms with Gasteiger partial charge in [0.25, 0.3) is 0 Å². The Labute approximate surface area is 167 Å². The molecule has 0 spiro atoms. The summed E-state index contributed by atoms with van der Waals surface area (Å²) in [5, 5.41) is 0. The Balaban J connectivity index is 1.59. The van der Waals surface area contributed by atoms with E-state index in [4.69, 9.17) is 0 Å². The molecule has 1 saturated heterocycles. The first-order valence-electron chi connectivity index (χ1n) is 9.96. The van der Waals surface area contributed by atoms with Gasteiger partial charge in [-0.1, -0.05) is 84.9 Å². The summed E-state index contributed by atoms with van der Waals surface area (Å²) in [4.78, 5) is 15.7. The average Bonchev–Trinajstić information content (AvgIpc) is 2.68. The lowest BCUT2D eigenvalue weighted by Crippen LogP contribution is -2.60. The predicted molar refractivity (Wildman–Crippen MR) is 115 cm³/mol. The van der Waals surface area contributed by atoms with E-state index in [0.29, 0.717) is 0 Å². The monoisotopic (exact) mass is 369 g/mol. The third-order valence-corrected chi connectivity index (χ3v) is 5.73. The van der Waals surface area contributed by atoms with Crippen molar-refractivity contribution in [2.75, 3.05) is 6.54 Å². The van der Waals surface area contributed by atoms with Crippen LogP contribution in [-0.2, 0) is 0 Å². The van der Waals surface area contributed by atoms with Crippen LogP contribution in [0, 0.1) is 5.92 Å². The number of likely N-dealkylation sites (tertiary alicyclic amines) is 1. The molecule has 1 aliphatic rings. The van der Waals surface area contributed by atoms with Crippen molar-refractivity contribution >= 4 is 5.78 Å². The third-order valence-electron chi connectivity index (χ3n) is 5.73. The highest BCUT2D eigenvalue weighted by molar-refractivity contribution is 5.99. The van der Waals surface area contributed by atoms with Crippen molar-refractivity contribution in [2.45, 2.75) is 32.4 Å². The lowest BCUT2D eigenvalue weighted by Gasteiger charge is -2.54. The molecule has 2 nitrogen and oxygen atoms in total. The highest BCUT2D eigenvalue weighted by Crippen LogP contribution is 2.44. The van der Waals surface area contributed by atoms with Crippen LogP contribution in [0.3, 0.4) is 0 Å². The van der Waals surface area contributed by atoms with Gasteiger partial charge in [-0.15, -0.1) is 0 Å². The zero-order valence-electron chi connectivity index (χ0n) is 16.8. The first-order chi connectivity index (χ1) is 13.4. The second-order valence-corrected chi connectivity index (χ2v) is 8.59. The topological polar surface area (TPSA) is 20.3 Å². The molecule has 28 heavy (non-hydrogen) atoms. The molecule has 0 amide bonds. The van der Waals surface area contributed by atoms with E-state index in [0.717, 1.165) is 17.7 Å². The van der Waals surface area contributed by atoms with E-state index in [2.05, 4.69) is 74.2 Å². The molecule has 1 heterocycles. The molecule has 4 rings (SSSR count). The molecule has 0 aliphatic carbocycles. The number of nitrogens with zero attached hydrogens (tertiary/aromatic N) is 1. The minimum atomic E-state index is 0.00389. The van der Waals surface area contributed by atoms with Crippen LogP contribution in [0.5, 0.6) is 0 Å². The molecule has 1 aliphatic heterocycles. The molecular formula is C26H27NO. The summed E-state index contributed by atoms with van der Waals surface area (Å²) in [7, 11) is 0. The van der Waals surface area contributed by atoms with Gasteiger partial charge < -0.3 is 0 Å². The maximum atomic E-state index is 13.3. The van der Waals surface area contributed by atoms with Crippen LogP contribution in [0.2, 0.25) is 0 Å². The Morgan fingerprint density at radius 3 is 1.89 bits per heavy atom. The van der Waals surface area contributed by atoms with Gasteiger partial charge in [0.1, 0.15) is 0 Å². The minimum absolute atomic E-state index is 0.00389. The van der Waals surface area contributed by atoms with Crippen molar-refractivity contribution in [1.82, 2.24) is 4.90 Å². The van der Waals surface area contributed by atoms with Crippen molar-refractivity contribution in [3.63, 3.8) is 0 Å². The third kappa shape index (κ3) is 3.53. The molecule has 2 atom stereocenters. The molecule has 0 aromatic heterocycles. The molecular weight excluding hydrogens is 342 g/mol. The van der Waals surface area contributed by atoms with Gasteiger partial charge in [0, 0.05) is 23.7 Å². The molecule has 0 N–H and O–H groups in total. The number of benzene rings is 3. The summed E-state index contributed by atoms with van der Waals surface area (Å²) < 4.78 is 0. The van der Waals surface area contributed by atoms with Crippen molar-refractivity contribution in [2.24, 2.45) is 5.92 Å². The number of rotatable bonds is 4. The minimum Gasteiger partial charge on any atom is -0.294 e. The Morgan fingerprint density at radius 2 is 1.32 bits per heavy atom. The highest BCUT2D eigenvalue weighted by atomic mass is 16.1. The maximum Gasteiger partial charge on any atom is 0.169 e. The maximum absolute atomic E-state index is 13.3. The van der Waals surface area contributed by atoms with Gasteiger partial charge in [-0.25, -0.2) is 0 Å². The van der Waals surface area contributed by atoms with Crippen LogP contribution in [-0.4, -0.2) is 22.8 Å². The van der Waals surface area contributed by atoms with Gasteiger partial charge >= 0.3 is 0 Å². The molecule has 2 heteroatoms. The number of hydrogen-bond donors (Lipinski definition) is 0. The van der Waals surface area contributed by atoms with E-state index < -0.39 is 0 Å². The first kappa shape index (κ1) is 18.6. The second kappa shape index (κ2) is 7.37. The van der Waals surface area contributed by atoms with Crippen LogP contribution in [0.4, 0.5) is 0 Å². The number of carbonyl (C=O) groups excluding carboxylic acids is 1. The Kier molecular flexibility index (Phi) is 4.91. The molecule has 3 aromatic rings. The van der Waals surface area contributed by atoms with E-state index in [-0.39, 0.29) is 23.3 Å². The Hall–Kier alpha value is -2.71. The quantitative estimate of drug-likeness (QED) is 0.525. The summed E-state index contributed by atoms with van der Waals surface area (Å²) in [6.07, 6.45) is 0. The zero-order chi connectivity index (χ0) is 19.7. The van der Waals surface area contributed by atoms with E-state index >= 15 is 0 Å². The fourth-order valence-corrected chi connectivity index (χ4v) is 4.16. The largest absolute Gasteiger partial charge is 0.294 e. The first-order valence-corrected chi connectivity index (χ1v) is 9.96. The standard InChI is InChI=1S/C26H27NO/c1-26(2,3)27-18-23(24(27)21-12-8-5-9-13-21)25(28)22-16-14-20(15-17-22)19-10-6-4-7-11-19/h4-17,23-24H,18H2,1-3H3/t23-,24-/m1/s1. The SMILES string of the molecule is CC(C)(C)N1C[C@@H](C(=O)c2ccc(-c3ccccc3)cc2)[C@H]1c1ccccc1. The molecule has 0 radical (unpaired) electrons. The van der Waals surface area contributed by atoms with Crippen LogP contribution in [0.1, 0.15) is 42.7 Å². The van der Waals surface area contributed by atoms with Gasteiger partial charge in [-0.2, -0.15) is 0 Å². The Bertz CT molecular complexity index is 939. The zero-order valence-corrected chi connectivity index (χ0v) is 16.8. The number of ketones is 1. The predicted octanol–water partition coefficient (Wildman–Crippen LogP) is 6.01. The van der Waals surface area contributed by atoms with E-state index in [1.165, 1.54) is 11.1 Å². The number of carbonyl (C=O) groups is 1. The fourth-order valence-electron chi connectivity index (χ4n) is 4.16. The van der Waals surface area contributed by atoms with Crippen LogP contribution in [0.15, 0.2) is 84.9 Å². The van der Waals surface area contributed by atoms with Gasteiger partial charge in [-0.3, -0.25) is 9.69 Å². The average molecular weight is 370 g/mol. The molecule has 1 fully saturated rings. The smallest absolute Gasteiger partial charge is 0.169 e. The van der Waals surface area contributed by atoms with Crippen molar-refractivity contribution in [3.05, 3.63) is 96.1 Å². The summed E-state index contributed by atoms with van der Waals surface area (Å²) in [6.45, 7) is 7.47. The normalized spacial score (nSPS) is 19.8. The van der Waals surface area contributed by atoms with Crippen molar-refractivity contribution in [1.29, 1.82) is 0 Å². The summed E-state index contributed by atoms with van der Waals surface area (Å²) in [5.74, 6) is 0.248. The fraction of sp³-hybridized carbons (Fsp3) is 0.269. The molecule has 0 bridgehead atoms. The van der Waals surface area contributed by atoms with Gasteiger partial charge in [0.15, 0.2) is 5.78 Å². The van der Waals surface area contributed by atoms with Crippen LogP contribution in [0.25, 0.3) is 11.1 Å². The second-order valence-electron chi connectivity index (χ2n) is 8.59. The summed E-state index contributed by atoms with van der Waals surface area (Å²) in [6, 6.07) is 28.9. The highest BCUT2D eigenvalue weighted by Gasteiger charge is 2.48. The Morgan fingerprint density at radius 1 is 0.786 bits per heavy atom. The lowest BCUT2D eigenvalue weighted by molar-refractivity contribution is -0.0434. The van der Waals surface area contributed by atoms with E-state index in [1.807, 2.05) is 36.4 Å². The van der Waals surface area contributed by atoms with Gasteiger partial charge in [0.2, 0.25) is 0 Å². The lowest BCUT2D eigenvalue weighted by atomic mass is 9.75. The molecule has 0 saturated carbocycles. The van der Waals surface area contributed by atoms with Crippen molar-refractivity contribution in [3.8, 4) is 11.1 Å². The molecule has 142 valence electrons. The van der Waals surface area contributed by atoms with Crippen LogP contribution < -0.4 is 0 Å². The van der Waals surface area contributed by atoms with Crippen LogP contribution >= 0.6 is 0 Å². The number of hydrogen-bond acceptors (Lipinski definition) is 2. The van der Waals surface area contributed by atoms with E-state index in [9.17, 15) is 4.79 Å². The summed E-state index contributed by atoms with van der Waals surface area (Å²) >= 11 is 0. The van der Waals surface area contributed by atoms with Crippen molar-refractivity contribution < 1.29 is 4.79 Å².